The second kappa shape index (κ2) is 7.12. The topological polar surface area (TPSA) is 45.2 Å². The molecule has 0 saturated carbocycles. The molecule has 0 atom stereocenters. The Morgan fingerprint density at radius 3 is 2.32 bits per heavy atom. The van der Waals surface area contributed by atoms with Gasteiger partial charge < -0.3 is 10.2 Å². The summed E-state index contributed by atoms with van der Waals surface area (Å²) in [6, 6.07) is 1.78. The van der Waals surface area contributed by atoms with Crippen LogP contribution >= 0.6 is 0 Å². The van der Waals surface area contributed by atoms with Gasteiger partial charge in [0.15, 0.2) is 0 Å². The molecule has 4 heteroatoms. The van der Waals surface area contributed by atoms with Gasteiger partial charge in [0.1, 0.15) is 0 Å². The third-order valence-corrected chi connectivity index (χ3v) is 2.78. The Kier molecular flexibility index (Phi) is 5.80. The lowest BCUT2D eigenvalue weighted by Crippen LogP contribution is -2.37. The number of pyridine rings is 1. The van der Waals surface area contributed by atoms with Crippen LogP contribution in [0.2, 0.25) is 0 Å². The maximum Gasteiger partial charge on any atom is 0.256 e. The van der Waals surface area contributed by atoms with Crippen molar-refractivity contribution >= 4 is 11.6 Å². The molecule has 0 unspecified atom stereocenters. The molecule has 0 aliphatic rings. The van der Waals surface area contributed by atoms with Crippen LogP contribution in [-0.4, -0.2) is 35.9 Å². The number of rotatable bonds is 6. The maximum absolute atomic E-state index is 12.7. The van der Waals surface area contributed by atoms with Crippen LogP contribution in [-0.2, 0) is 0 Å². The molecule has 1 rings (SSSR count). The molecule has 0 fully saturated rings. The SMILES string of the molecule is CNc1cnccc1C(=O)N(CC(C)C)CC(C)C. The number of anilines is 1. The van der Waals surface area contributed by atoms with Crippen LogP contribution in [0.5, 0.6) is 0 Å². The van der Waals surface area contributed by atoms with E-state index in [2.05, 4.69) is 38.0 Å². The summed E-state index contributed by atoms with van der Waals surface area (Å²) in [4.78, 5) is 18.6. The second-order valence-electron chi connectivity index (χ2n) is 5.67. The fraction of sp³-hybridized carbons (Fsp3) is 0.600. The molecule has 0 aromatic carbocycles. The average Bonchev–Trinajstić information content (AvgIpc) is 2.36. The Labute approximate surface area is 116 Å². The molecule has 1 aromatic heterocycles. The largest absolute Gasteiger partial charge is 0.386 e. The first-order valence-electron chi connectivity index (χ1n) is 6.86. The van der Waals surface area contributed by atoms with Crippen LogP contribution in [0.4, 0.5) is 5.69 Å². The van der Waals surface area contributed by atoms with Crippen LogP contribution in [0.3, 0.4) is 0 Å². The van der Waals surface area contributed by atoms with Crippen LogP contribution < -0.4 is 5.32 Å². The van der Waals surface area contributed by atoms with E-state index in [1.54, 1.807) is 18.5 Å². The van der Waals surface area contributed by atoms with Crippen molar-refractivity contribution in [2.75, 3.05) is 25.5 Å². The average molecular weight is 263 g/mol. The van der Waals surface area contributed by atoms with E-state index in [1.807, 2.05) is 11.9 Å². The summed E-state index contributed by atoms with van der Waals surface area (Å²) in [5, 5.41) is 3.03. The normalized spacial score (nSPS) is 10.9. The van der Waals surface area contributed by atoms with Crippen molar-refractivity contribution in [1.29, 1.82) is 0 Å². The molecule has 0 radical (unpaired) electrons. The summed E-state index contributed by atoms with van der Waals surface area (Å²) < 4.78 is 0. The highest BCUT2D eigenvalue weighted by molar-refractivity contribution is 5.99. The molecule has 0 bridgehead atoms. The Morgan fingerprint density at radius 1 is 1.26 bits per heavy atom. The first kappa shape index (κ1) is 15.5. The standard InChI is InChI=1S/C15H25N3O/c1-11(2)9-18(10-12(3)4)15(19)13-6-7-17-8-14(13)16-5/h6-8,11-12,16H,9-10H2,1-5H3. The Hall–Kier alpha value is -1.58. The number of nitrogens with zero attached hydrogens (tertiary/aromatic N) is 2. The van der Waals surface area contributed by atoms with Crippen molar-refractivity contribution in [1.82, 2.24) is 9.88 Å². The van der Waals surface area contributed by atoms with Crippen molar-refractivity contribution in [3.8, 4) is 0 Å². The summed E-state index contributed by atoms with van der Waals surface area (Å²) in [5.74, 6) is 0.999. The Bertz CT molecular complexity index is 406. The molecule has 0 aliphatic heterocycles. The van der Waals surface area contributed by atoms with E-state index in [1.165, 1.54) is 0 Å². The number of aromatic nitrogens is 1. The lowest BCUT2D eigenvalue weighted by atomic mass is 10.1. The van der Waals surface area contributed by atoms with Gasteiger partial charge in [-0.05, 0) is 17.9 Å². The van der Waals surface area contributed by atoms with Gasteiger partial charge in [-0.15, -0.1) is 0 Å². The molecule has 1 amide bonds. The summed E-state index contributed by atoms with van der Waals surface area (Å²) in [5.41, 5.74) is 1.48. The molecule has 1 aromatic rings. The lowest BCUT2D eigenvalue weighted by Gasteiger charge is -2.27. The van der Waals surface area contributed by atoms with Crippen molar-refractivity contribution < 1.29 is 4.79 Å². The quantitative estimate of drug-likeness (QED) is 0.858. The zero-order valence-corrected chi connectivity index (χ0v) is 12.6. The van der Waals surface area contributed by atoms with Gasteiger partial charge in [0.2, 0.25) is 0 Å². The number of amides is 1. The summed E-state index contributed by atoms with van der Waals surface area (Å²) in [6.07, 6.45) is 3.35. The van der Waals surface area contributed by atoms with Crippen LogP contribution in [0.1, 0.15) is 38.1 Å². The van der Waals surface area contributed by atoms with Gasteiger partial charge >= 0.3 is 0 Å². The number of carbonyl (C=O) groups is 1. The molecule has 106 valence electrons. The van der Waals surface area contributed by atoms with Crippen molar-refractivity contribution in [2.45, 2.75) is 27.7 Å². The summed E-state index contributed by atoms with van der Waals surface area (Å²) in [7, 11) is 1.81. The lowest BCUT2D eigenvalue weighted by molar-refractivity contribution is 0.0716. The predicted octanol–water partition coefficient (Wildman–Crippen LogP) is 2.88. The van der Waals surface area contributed by atoms with Crippen molar-refractivity contribution in [3.05, 3.63) is 24.0 Å². The minimum Gasteiger partial charge on any atom is -0.386 e. The monoisotopic (exact) mass is 263 g/mol. The minimum atomic E-state index is 0.0779. The highest BCUT2D eigenvalue weighted by Gasteiger charge is 2.20. The third kappa shape index (κ3) is 4.54. The minimum absolute atomic E-state index is 0.0779. The maximum atomic E-state index is 12.7. The number of carbonyl (C=O) groups excluding carboxylic acids is 1. The zero-order valence-electron chi connectivity index (χ0n) is 12.6. The van der Waals surface area contributed by atoms with Gasteiger partial charge in [-0.3, -0.25) is 9.78 Å². The van der Waals surface area contributed by atoms with Gasteiger partial charge in [-0.25, -0.2) is 0 Å². The number of hydrogen-bond acceptors (Lipinski definition) is 3. The number of nitrogens with one attached hydrogen (secondary N) is 1. The molecule has 19 heavy (non-hydrogen) atoms. The van der Waals surface area contributed by atoms with E-state index in [9.17, 15) is 4.79 Å². The van der Waals surface area contributed by atoms with E-state index in [0.29, 0.717) is 17.4 Å². The Balaban J connectivity index is 2.97. The highest BCUT2D eigenvalue weighted by atomic mass is 16.2. The predicted molar refractivity (Wildman–Crippen MR) is 79.4 cm³/mol. The van der Waals surface area contributed by atoms with Gasteiger partial charge in [0.05, 0.1) is 17.4 Å². The highest BCUT2D eigenvalue weighted by Crippen LogP contribution is 2.17. The van der Waals surface area contributed by atoms with E-state index >= 15 is 0 Å². The van der Waals surface area contributed by atoms with Crippen LogP contribution in [0.25, 0.3) is 0 Å². The van der Waals surface area contributed by atoms with Gasteiger partial charge in [-0.1, -0.05) is 27.7 Å². The summed E-state index contributed by atoms with van der Waals surface area (Å²) in [6.45, 7) is 10.1. The number of hydrogen-bond donors (Lipinski definition) is 1. The molecular formula is C15H25N3O. The van der Waals surface area contributed by atoms with Gasteiger partial charge in [0, 0.05) is 26.3 Å². The molecule has 1 heterocycles. The van der Waals surface area contributed by atoms with E-state index in [0.717, 1.165) is 18.8 Å². The smallest absolute Gasteiger partial charge is 0.256 e. The molecule has 1 N–H and O–H groups in total. The van der Waals surface area contributed by atoms with Crippen molar-refractivity contribution in [3.63, 3.8) is 0 Å². The van der Waals surface area contributed by atoms with Gasteiger partial charge in [0.25, 0.3) is 5.91 Å². The molecule has 0 spiro atoms. The Morgan fingerprint density at radius 2 is 1.84 bits per heavy atom. The van der Waals surface area contributed by atoms with Gasteiger partial charge in [-0.2, -0.15) is 0 Å². The van der Waals surface area contributed by atoms with Crippen LogP contribution in [0.15, 0.2) is 18.5 Å². The zero-order chi connectivity index (χ0) is 14.4. The van der Waals surface area contributed by atoms with E-state index in [4.69, 9.17) is 0 Å². The second-order valence-corrected chi connectivity index (χ2v) is 5.67. The van der Waals surface area contributed by atoms with E-state index in [-0.39, 0.29) is 5.91 Å². The third-order valence-electron chi connectivity index (χ3n) is 2.78. The van der Waals surface area contributed by atoms with E-state index < -0.39 is 0 Å². The fourth-order valence-corrected chi connectivity index (χ4v) is 2.07. The first-order chi connectivity index (χ1) is 8.95. The van der Waals surface area contributed by atoms with Crippen molar-refractivity contribution in [2.24, 2.45) is 11.8 Å². The molecular weight excluding hydrogens is 238 g/mol. The molecule has 0 saturated heterocycles. The summed E-state index contributed by atoms with van der Waals surface area (Å²) >= 11 is 0. The van der Waals surface area contributed by atoms with Crippen LogP contribution in [0, 0.1) is 11.8 Å². The fourth-order valence-electron chi connectivity index (χ4n) is 2.07. The molecule has 4 nitrogen and oxygen atoms in total. The molecule has 0 aliphatic carbocycles. The first-order valence-corrected chi connectivity index (χ1v) is 6.86.